The number of allylic oxidation sites excluding steroid dienone is 1. The minimum Gasteiger partial charge on any atom is -0.466 e. The van der Waals surface area contributed by atoms with Crippen molar-refractivity contribution in [2.24, 2.45) is 56.7 Å². The molecule has 0 aromatic heterocycles. The summed E-state index contributed by atoms with van der Waals surface area (Å²) < 4.78 is 10.9. The van der Waals surface area contributed by atoms with E-state index in [4.69, 9.17) is 9.47 Å². The lowest BCUT2D eigenvalue weighted by Gasteiger charge is -2.73. The van der Waals surface area contributed by atoms with Crippen molar-refractivity contribution < 1.29 is 29.0 Å². The van der Waals surface area contributed by atoms with E-state index in [1.807, 2.05) is 0 Å². The zero-order valence-corrected chi connectivity index (χ0v) is 28.9. The normalized spacial score (nSPS) is 44.7. The summed E-state index contributed by atoms with van der Waals surface area (Å²) in [5.41, 5.74) is 1.33. The third-order valence-corrected chi connectivity index (χ3v) is 15.1. The summed E-state index contributed by atoms with van der Waals surface area (Å²) in [4.78, 5) is 37.0. The predicted molar refractivity (Wildman–Crippen MR) is 171 cm³/mol. The first-order valence-electron chi connectivity index (χ1n) is 17.7. The highest BCUT2D eigenvalue weighted by Gasteiger charge is 2.71. The van der Waals surface area contributed by atoms with Crippen LogP contribution in [0.3, 0.4) is 0 Å². The Balaban J connectivity index is 1.45. The van der Waals surface area contributed by atoms with Gasteiger partial charge in [-0.05, 0) is 124 Å². The second kappa shape index (κ2) is 11.5. The molecule has 5 aliphatic carbocycles. The molecular weight excluding hydrogens is 552 g/mol. The van der Waals surface area contributed by atoms with Gasteiger partial charge in [0.05, 0.1) is 12.7 Å². The number of ketones is 1. The van der Waals surface area contributed by atoms with Crippen molar-refractivity contribution in [3.8, 4) is 0 Å². The second-order valence-electron chi connectivity index (χ2n) is 17.1. The highest BCUT2D eigenvalue weighted by molar-refractivity contribution is 5.95. The van der Waals surface area contributed by atoms with Crippen molar-refractivity contribution >= 4 is 17.7 Å². The van der Waals surface area contributed by atoms with Crippen LogP contribution in [0.25, 0.3) is 0 Å². The molecule has 1 N–H and O–H groups in total. The second-order valence-corrected chi connectivity index (χ2v) is 17.1. The number of rotatable bonds is 8. The number of aliphatic hydroxyl groups is 1. The van der Waals surface area contributed by atoms with E-state index in [0.29, 0.717) is 29.6 Å². The van der Waals surface area contributed by atoms with Crippen LogP contribution in [0.15, 0.2) is 12.2 Å². The summed E-state index contributed by atoms with van der Waals surface area (Å²) in [6.07, 6.45) is 9.61. The maximum atomic E-state index is 13.0. The first kappa shape index (κ1) is 33.7. The molecule has 0 radical (unpaired) electrons. The molecule has 0 unspecified atom stereocenters. The SMILES string of the molecule is C=C(C)[C@@H]1CC[C@]2([C@H](O)CC(=O)CC(=O)OCC)CC[C@]3(C)[C@H](CC[C@@H]4[C@@]5(C)CC[C@H](OC(C)=O)C(C)(C)[C@@H]5CC[C@]43C)[C@@H]12. The highest BCUT2D eigenvalue weighted by Crippen LogP contribution is 2.78. The number of aliphatic hydroxyl groups excluding tert-OH is 1. The van der Waals surface area contributed by atoms with Gasteiger partial charge in [-0.1, -0.05) is 46.8 Å². The van der Waals surface area contributed by atoms with Gasteiger partial charge in [0.25, 0.3) is 0 Å². The Morgan fingerprint density at radius 1 is 0.864 bits per heavy atom. The highest BCUT2D eigenvalue weighted by atomic mass is 16.5. The monoisotopic (exact) mass is 612 g/mol. The molecule has 0 heterocycles. The molecule has 0 saturated heterocycles. The van der Waals surface area contributed by atoms with E-state index < -0.39 is 12.1 Å². The van der Waals surface area contributed by atoms with Crippen LogP contribution in [-0.2, 0) is 23.9 Å². The van der Waals surface area contributed by atoms with Crippen molar-refractivity contribution in [3.05, 3.63) is 12.2 Å². The maximum absolute atomic E-state index is 13.0. The standard InChI is InChI=1S/C38H60O6/c1-10-43-32(42)22-25(40)21-30(41)38-18-13-26(23(2)3)33(38)27-11-12-29-35(7)16-15-31(44-24(4)39)34(5,6)28(35)14-17-37(29,9)36(27,8)19-20-38/h26-31,33,41H,2,10-22H2,1,3-9H3/t26-,27+,28-,29+,30+,31-,33+,35-,36+,37+,38+/m0/s1. The van der Waals surface area contributed by atoms with E-state index >= 15 is 0 Å². The molecule has 11 atom stereocenters. The largest absolute Gasteiger partial charge is 0.466 e. The van der Waals surface area contributed by atoms with E-state index in [-0.39, 0.29) is 64.4 Å². The smallest absolute Gasteiger partial charge is 0.313 e. The first-order chi connectivity index (χ1) is 20.5. The summed E-state index contributed by atoms with van der Waals surface area (Å²) in [5.74, 6) is 1.33. The average Bonchev–Trinajstić information content (AvgIpc) is 3.32. The van der Waals surface area contributed by atoms with Crippen LogP contribution < -0.4 is 0 Å². The van der Waals surface area contributed by atoms with Crippen molar-refractivity contribution in [1.82, 2.24) is 0 Å². The molecule has 0 aromatic rings. The number of Topliss-reactive ketones (excluding diaryl/α,β-unsaturated/α-hetero) is 1. The first-order valence-corrected chi connectivity index (χ1v) is 17.7. The Kier molecular flexibility index (Phi) is 8.82. The molecular formula is C38H60O6. The molecule has 0 aliphatic heterocycles. The van der Waals surface area contributed by atoms with E-state index in [9.17, 15) is 19.5 Å². The van der Waals surface area contributed by atoms with E-state index in [2.05, 4.69) is 48.1 Å². The third-order valence-electron chi connectivity index (χ3n) is 15.1. The quantitative estimate of drug-likeness (QED) is 0.171. The molecule has 248 valence electrons. The molecule has 5 rings (SSSR count). The summed E-state index contributed by atoms with van der Waals surface area (Å²) in [6.45, 7) is 22.6. The van der Waals surface area contributed by atoms with Crippen molar-refractivity contribution in [2.45, 2.75) is 145 Å². The third kappa shape index (κ3) is 4.94. The number of ether oxygens (including phenoxy) is 2. The Bertz CT molecular complexity index is 1170. The molecule has 5 aliphatic rings. The molecule has 44 heavy (non-hydrogen) atoms. The lowest BCUT2D eigenvalue weighted by Crippen LogP contribution is -2.67. The van der Waals surface area contributed by atoms with Gasteiger partial charge < -0.3 is 14.6 Å². The number of carbonyl (C=O) groups excluding carboxylic acids is 3. The summed E-state index contributed by atoms with van der Waals surface area (Å²) >= 11 is 0. The number of esters is 2. The van der Waals surface area contributed by atoms with Crippen LogP contribution in [0.1, 0.15) is 132 Å². The van der Waals surface area contributed by atoms with Gasteiger partial charge in [0.2, 0.25) is 0 Å². The lowest BCUT2D eigenvalue weighted by atomic mass is 9.32. The average molecular weight is 613 g/mol. The Morgan fingerprint density at radius 3 is 2.20 bits per heavy atom. The molecule has 0 bridgehead atoms. The number of hydrogen-bond acceptors (Lipinski definition) is 6. The zero-order chi connectivity index (χ0) is 32.5. The van der Waals surface area contributed by atoms with Crippen LogP contribution in [0.2, 0.25) is 0 Å². The summed E-state index contributed by atoms with van der Waals surface area (Å²) in [6, 6.07) is 0. The summed E-state index contributed by atoms with van der Waals surface area (Å²) in [7, 11) is 0. The van der Waals surface area contributed by atoms with Gasteiger partial charge in [-0.3, -0.25) is 14.4 Å². The molecule has 5 fully saturated rings. The maximum Gasteiger partial charge on any atom is 0.313 e. The van der Waals surface area contributed by atoms with E-state index in [0.717, 1.165) is 51.4 Å². The number of carbonyl (C=O) groups is 3. The molecule has 6 heteroatoms. The minimum absolute atomic E-state index is 0.0208. The number of hydrogen-bond donors (Lipinski definition) is 1. The van der Waals surface area contributed by atoms with Gasteiger partial charge in [-0.25, -0.2) is 0 Å². The fourth-order valence-electron chi connectivity index (χ4n) is 13.0. The Labute approximate surface area is 266 Å². The topological polar surface area (TPSA) is 89.9 Å². The molecule has 0 spiro atoms. The van der Waals surface area contributed by atoms with Gasteiger partial charge in [0, 0.05) is 24.2 Å². The van der Waals surface area contributed by atoms with Crippen molar-refractivity contribution in [1.29, 1.82) is 0 Å². The van der Waals surface area contributed by atoms with Crippen LogP contribution in [-0.4, -0.2) is 41.6 Å². The molecule has 0 aromatic carbocycles. The lowest BCUT2D eigenvalue weighted by molar-refractivity contribution is -0.255. The molecule has 0 amide bonds. The van der Waals surface area contributed by atoms with Gasteiger partial charge in [0.15, 0.2) is 0 Å². The fraction of sp³-hybridized carbons (Fsp3) is 0.868. The van der Waals surface area contributed by atoms with Gasteiger partial charge >= 0.3 is 11.9 Å². The van der Waals surface area contributed by atoms with Gasteiger partial charge in [-0.15, -0.1) is 0 Å². The fourth-order valence-corrected chi connectivity index (χ4v) is 13.0. The van der Waals surface area contributed by atoms with Crippen LogP contribution >= 0.6 is 0 Å². The predicted octanol–water partition coefficient (Wildman–Crippen LogP) is 7.85. The Morgan fingerprint density at radius 2 is 1.57 bits per heavy atom. The number of fused-ring (bicyclic) bond motifs is 7. The zero-order valence-electron chi connectivity index (χ0n) is 28.9. The van der Waals surface area contributed by atoms with Gasteiger partial charge in [-0.2, -0.15) is 0 Å². The minimum atomic E-state index is -0.750. The van der Waals surface area contributed by atoms with Crippen LogP contribution in [0.4, 0.5) is 0 Å². The van der Waals surface area contributed by atoms with E-state index in [1.54, 1.807) is 13.8 Å². The molecule has 5 saturated carbocycles. The summed E-state index contributed by atoms with van der Waals surface area (Å²) in [5, 5.41) is 11.9. The van der Waals surface area contributed by atoms with Crippen LogP contribution in [0, 0.1) is 56.7 Å². The molecule has 6 nitrogen and oxygen atoms in total. The van der Waals surface area contributed by atoms with Crippen molar-refractivity contribution in [3.63, 3.8) is 0 Å². The van der Waals surface area contributed by atoms with E-state index in [1.165, 1.54) is 18.4 Å². The van der Waals surface area contributed by atoms with Gasteiger partial charge in [0.1, 0.15) is 18.3 Å². The van der Waals surface area contributed by atoms with Crippen molar-refractivity contribution in [2.75, 3.05) is 6.61 Å². The van der Waals surface area contributed by atoms with Crippen LogP contribution in [0.5, 0.6) is 0 Å². The Hall–Kier alpha value is -1.69.